The number of nitrogens with two attached hydrogens (primary N) is 8. The monoisotopic (exact) mass is 1680 g/mol. The molecule has 46 nitrogen and oxygen atoms in total. The largest absolute Gasteiger partial charge is 0.444 e. The maximum Gasteiger partial charge on any atom is 0.408 e. The van der Waals surface area contributed by atoms with Crippen molar-refractivity contribution >= 4 is 144 Å². The van der Waals surface area contributed by atoms with E-state index in [2.05, 4.69) is 127 Å². The predicted molar refractivity (Wildman–Crippen MR) is 456 cm³/mol. The minimum atomic E-state index is -1.57. The molecule has 1 heterocycles. The van der Waals surface area contributed by atoms with Crippen LogP contribution in [0.3, 0.4) is 0 Å². The van der Waals surface area contributed by atoms with Gasteiger partial charge >= 0.3 is 6.09 Å². The lowest BCUT2D eigenvalue weighted by atomic mass is 10.0. The molecule has 0 fully saturated rings. The number of anilines is 2. The molecule has 0 unspecified atom stereocenters. The zero-order chi connectivity index (χ0) is 87.9. The van der Waals surface area contributed by atoms with Crippen LogP contribution < -0.4 is 146 Å². The van der Waals surface area contributed by atoms with E-state index in [1.54, 1.807) is 32.1 Å². The maximum atomic E-state index is 15.0. The molecule has 1 aromatic heterocycles. The van der Waals surface area contributed by atoms with E-state index in [-0.39, 0.29) is 186 Å². The molecule has 0 aliphatic heterocycles. The molecule has 0 aliphatic carbocycles. The number of nitrogens with zero attached hydrogens (tertiary/aromatic N) is 2. The quantitative estimate of drug-likeness (QED) is 0.00833. The van der Waals surface area contributed by atoms with Gasteiger partial charge in [0.15, 0.2) is 47.7 Å². The molecule has 3 aromatic rings. The number of ether oxygens (including phenoxy) is 1. The van der Waals surface area contributed by atoms with Gasteiger partial charge in [0, 0.05) is 102 Å². The van der Waals surface area contributed by atoms with Gasteiger partial charge in [-0.1, -0.05) is 0 Å². The van der Waals surface area contributed by atoms with Crippen LogP contribution in [0.2, 0.25) is 0 Å². The number of guanidine groups is 8. The summed E-state index contributed by atoms with van der Waals surface area (Å²) in [5, 5.41) is 110. The number of benzene rings is 2. The number of hydrogen-bond acceptors (Lipinski definition) is 21. The zero-order valence-corrected chi connectivity index (χ0v) is 68.7. The lowest BCUT2D eigenvalue weighted by Gasteiger charge is -2.29. The molecule has 2 aromatic carbocycles. The Morgan fingerprint density at radius 1 is 0.356 bits per heavy atom. The Hall–Kier alpha value is -12.7. The number of nitrogens with one attached hydrogen (secondary N) is 26. The van der Waals surface area contributed by atoms with E-state index in [0.717, 1.165) is 44.9 Å². The summed E-state index contributed by atoms with van der Waals surface area (Å²) in [6, 6.07) is 0.273. The van der Waals surface area contributed by atoms with Crippen LogP contribution in [0.1, 0.15) is 137 Å². The van der Waals surface area contributed by atoms with E-state index in [9.17, 15) is 33.6 Å². The van der Waals surface area contributed by atoms with E-state index in [1.807, 2.05) is 24.3 Å². The molecule has 0 radical (unpaired) electrons. The third-order valence-corrected chi connectivity index (χ3v) is 18.7. The summed E-state index contributed by atoms with van der Waals surface area (Å²) in [5.74, 6) is -10.2. The normalized spacial score (nSPS) is 13.0. The van der Waals surface area contributed by atoms with E-state index < -0.39 is 137 Å². The van der Waals surface area contributed by atoms with E-state index in [0.29, 0.717) is 0 Å². The van der Waals surface area contributed by atoms with Crippen molar-refractivity contribution in [1.82, 2.24) is 95.4 Å². The van der Waals surface area contributed by atoms with Gasteiger partial charge in [-0.15, -0.1) is 0 Å². The number of carbonyl (C=O) groups is 9. The first-order valence-corrected chi connectivity index (χ1v) is 39.9. The molecular formula is C71H127N36O10S+. The van der Waals surface area contributed by atoms with Crippen molar-refractivity contribution in [2.24, 2.45) is 45.9 Å². The van der Waals surface area contributed by atoms with Crippen molar-refractivity contribution < 1.29 is 47.9 Å². The molecule has 656 valence electrons. The fraction of sp³-hybridized carbons (Fsp3) is 0.592. The van der Waals surface area contributed by atoms with Crippen LogP contribution in [-0.4, -0.2) is 238 Å². The summed E-state index contributed by atoms with van der Waals surface area (Å²) < 4.78 is 7.36. The minimum absolute atomic E-state index is 0.00191. The first-order chi connectivity index (χ1) is 55.9. The zero-order valence-electron chi connectivity index (χ0n) is 67.9. The Labute approximate surface area is 690 Å². The molecule has 0 spiro atoms. The van der Waals surface area contributed by atoms with Gasteiger partial charge in [0.2, 0.25) is 58.6 Å². The van der Waals surface area contributed by atoms with E-state index in [4.69, 9.17) is 98.9 Å². The number of alkyl carbamates (subject to hydrolysis) is 1. The molecule has 118 heavy (non-hydrogen) atoms. The highest BCUT2D eigenvalue weighted by molar-refractivity contribution is 7.24. The molecule has 0 saturated carbocycles. The second-order valence-corrected chi connectivity index (χ2v) is 29.5. The fourth-order valence-electron chi connectivity index (χ4n) is 11.8. The average molecular weight is 1680 g/mol. The van der Waals surface area contributed by atoms with Crippen LogP contribution >= 0.6 is 11.3 Å². The lowest BCUT2D eigenvalue weighted by Crippen LogP contribution is -2.60. The number of hydrogen-bond donors (Lipinski definition) is 34. The molecule has 9 amide bonds. The molecule has 0 saturated heterocycles. The lowest BCUT2D eigenvalue weighted by molar-refractivity contribution is -0.136. The van der Waals surface area contributed by atoms with Crippen molar-refractivity contribution in [3.8, 4) is 0 Å². The van der Waals surface area contributed by atoms with Crippen LogP contribution in [0.5, 0.6) is 0 Å². The maximum absolute atomic E-state index is 15.0. The summed E-state index contributed by atoms with van der Waals surface area (Å²) in [6.07, 6.45) is -1.36. The Kier molecular flexibility index (Phi) is 45.0. The third kappa shape index (κ3) is 41.5. The third-order valence-electron chi connectivity index (χ3n) is 17.6. The second kappa shape index (κ2) is 53.4. The van der Waals surface area contributed by atoms with Gasteiger partial charge in [-0.05, 0) is 162 Å². The summed E-state index contributed by atoms with van der Waals surface area (Å²) in [6.45, 7) is 11.4. The van der Waals surface area contributed by atoms with Gasteiger partial charge < -0.3 is 151 Å². The number of carbonyl (C=O) groups excluding carboxylic acids is 9. The van der Waals surface area contributed by atoms with Gasteiger partial charge in [0.1, 0.15) is 65.0 Å². The highest BCUT2D eigenvalue weighted by Gasteiger charge is 2.36. The van der Waals surface area contributed by atoms with Crippen molar-refractivity contribution in [3.05, 3.63) is 36.4 Å². The Morgan fingerprint density at radius 2 is 0.610 bits per heavy atom. The summed E-state index contributed by atoms with van der Waals surface area (Å²) in [5.41, 5.74) is 47.1. The summed E-state index contributed by atoms with van der Waals surface area (Å²) in [7, 11) is 0. The van der Waals surface area contributed by atoms with Gasteiger partial charge in [-0.2, -0.15) is 0 Å². The Balaban J connectivity index is 2.07. The van der Waals surface area contributed by atoms with Crippen molar-refractivity contribution in [1.29, 1.82) is 43.3 Å². The predicted octanol–water partition coefficient (Wildman–Crippen LogP) is -4.50. The van der Waals surface area contributed by atoms with Crippen LogP contribution in [0.4, 0.5) is 16.2 Å². The first-order valence-electron chi connectivity index (χ1n) is 39.1. The van der Waals surface area contributed by atoms with Crippen LogP contribution in [0.25, 0.3) is 20.4 Å². The van der Waals surface area contributed by atoms with Gasteiger partial charge in [0.05, 0.1) is 0 Å². The summed E-state index contributed by atoms with van der Waals surface area (Å²) in [4.78, 5) is 138. The van der Waals surface area contributed by atoms with Crippen molar-refractivity contribution in [2.45, 2.75) is 191 Å². The first kappa shape index (κ1) is 99.4. The average Bonchev–Trinajstić information content (AvgIpc) is 0.788. The summed E-state index contributed by atoms with van der Waals surface area (Å²) >= 11 is 1.60. The van der Waals surface area contributed by atoms with Gasteiger partial charge in [-0.3, -0.25) is 81.6 Å². The molecule has 0 bridgehead atoms. The number of aromatic nitrogens is 1. The molecule has 3 rings (SSSR count). The SMILES string of the molecule is CCN(CC)c1ccc2nc3ccc(NCCNC(=O)[C@H](CCCNC(=N)N)NC(=O)[C@H](CCCNC(=N)N)NC(=O)[C@H](CCCNC(=N)N)NC(=O)[C@H](CCCNC(=N)N)NC(=O)[C@H](CCCNC(=N)N)NC(=O)[C@H](CCCNC(=N)N)NC(=O)[C@H](CCCNC(=N)N)NC(=O)[C@H](CCCNC(=N)N)NC(=O)OC(C)(C)C)cc3[s+]c2c1. The smallest absolute Gasteiger partial charge is 0.408 e. The van der Waals surface area contributed by atoms with Crippen molar-refractivity contribution in [2.75, 3.05) is 88.8 Å². The van der Waals surface area contributed by atoms with Crippen molar-refractivity contribution in [3.63, 3.8) is 0 Å². The van der Waals surface area contributed by atoms with Crippen LogP contribution in [0, 0.1) is 43.3 Å². The standard InChI is InChI=1S/C71H126N36O10S/c1-6-107(7-2)41-25-27-43-53(39-41)118-52-38-40(24-26-42(52)98-43)88-36-37-89-54(108)44(16-8-28-90-62(72)73)99-55(109)45(17-9-29-91-63(74)75)100-56(110)46(18-10-30-92-64(76)77)101-57(111)47(19-11-31-93-65(78)79)102-58(112)48(20-12-32-94-66(80)81)103-59(113)49(21-13-33-95-67(82)83)104-60(114)50(22-14-34-96-68(84)85)105-61(115)51(23-15-35-97-69(86)87)106-70(116)117-71(3,4)5/h24-27,38-39,44-51,88H,6-23,28-37H2,1-5H3,(H40-,72,73,74,75,76,77,78,79,80,81,82,83,84,85,86,87,89,90,91,92,93,94,95,96,97,99,100,101,102,103,104,105,106,108,109,110,111,112,113,114,115,116)/p+1/t44-,45-,46-,47-,48-,49-,50-,51-/m0/s1. The van der Waals surface area contributed by atoms with Gasteiger partial charge in [-0.25, -0.2) is 9.78 Å². The van der Waals surface area contributed by atoms with Crippen LogP contribution in [0.15, 0.2) is 36.4 Å². The fourth-order valence-corrected chi connectivity index (χ4v) is 12.8. The van der Waals surface area contributed by atoms with Crippen LogP contribution in [-0.2, 0) is 43.1 Å². The molecule has 8 atom stereocenters. The molecule has 42 N–H and O–H groups in total. The Bertz CT molecular complexity index is 3880. The van der Waals surface area contributed by atoms with E-state index >= 15 is 9.59 Å². The number of fused-ring (bicyclic) bond motifs is 2. The van der Waals surface area contributed by atoms with E-state index in [1.165, 1.54) is 0 Å². The number of rotatable bonds is 55. The highest BCUT2D eigenvalue weighted by Crippen LogP contribution is 2.31. The van der Waals surface area contributed by atoms with Gasteiger partial charge in [0.25, 0.3) is 9.40 Å². The number of amides is 9. The second-order valence-electron chi connectivity index (χ2n) is 28.4. The molecule has 0 aliphatic rings. The topological polar surface area (TPSA) is 794 Å². The Morgan fingerprint density at radius 3 is 0.873 bits per heavy atom. The highest BCUT2D eigenvalue weighted by atomic mass is 32.1. The minimum Gasteiger partial charge on any atom is -0.444 e. The molecule has 47 heteroatoms. The molecular weight excluding hydrogens is 1550 g/mol.